The molecule has 0 fully saturated rings. The van der Waals surface area contributed by atoms with E-state index in [1.165, 1.54) is 4.80 Å². The molecule has 7 heteroatoms. The number of hydrogen-bond donors (Lipinski definition) is 1. The van der Waals surface area contributed by atoms with Crippen LogP contribution in [0.5, 0.6) is 0 Å². The molecule has 0 spiro atoms. The van der Waals surface area contributed by atoms with Crippen LogP contribution in [0.2, 0.25) is 0 Å². The molecule has 0 bridgehead atoms. The lowest BCUT2D eigenvalue weighted by atomic mass is 10.2. The highest BCUT2D eigenvalue weighted by atomic mass is 16.4. The average molecular weight is 227 g/mol. The number of nitrogens with zero attached hydrogens (tertiary/aromatic N) is 5. The second-order valence-electron chi connectivity index (χ2n) is 3.75. The van der Waals surface area contributed by atoms with Crippen molar-refractivity contribution in [3.8, 4) is 0 Å². The lowest BCUT2D eigenvalue weighted by molar-refractivity contribution is -0.139. The number of tetrazole rings is 1. The summed E-state index contributed by atoms with van der Waals surface area (Å²) in [5, 5.41) is 20.4. The predicted octanol–water partition coefficient (Wildman–Crippen LogP) is -0.105. The number of carbonyl (C=O) groups is 1. The van der Waals surface area contributed by atoms with E-state index in [-0.39, 0.29) is 12.6 Å². The molecule has 0 aliphatic carbocycles. The molecule has 0 radical (unpaired) electrons. The van der Waals surface area contributed by atoms with Crippen molar-refractivity contribution in [2.45, 2.75) is 32.9 Å². The SMILES string of the molecule is CCC(C)N(CC(=O)O)Cc1nnn(C)n1. The lowest BCUT2D eigenvalue weighted by Crippen LogP contribution is -2.36. The van der Waals surface area contributed by atoms with E-state index >= 15 is 0 Å². The van der Waals surface area contributed by atoms with Gasteiger partial charge in [-0.05, 0) is 18.6 Å². The van der Waals surface area contributed by atoms with Gasteiger partial charge in [0.05, 0.1) is 20.1 Å². The summed E-state index contributed by atoms with van der Waals surface area (Å²) in [5.74, 6) is -0.298. The monoisotopic (exact) mass is 227 g/mol. The molecular weight excluding hydrogens is 210 g/mol. The van der Waals surface area contributed by atoms with Gasteiger partial charge >= 0.3 is 5.97 Å². The van der Waals surface area contributed by atoms with E-state index in [4.69, 9.17) is 5.11 Å². The fourth-order valence-corrected chi connectivity index (χ4v) is 1.37. The second kappa shape index (κ2) is 5.55. The lowest BCUT2D eigenvalue weighted by Gasteiger charge is -2.24. The van der Waals surface area contributed by atoms with Crippen LogP contribution in [-0.2, 0) is 18.4 Å². The van der Waals surface area contributed by atoms with Gasteiger partial charge in [0, 0.05) is 6.04 Å². The molecule has 1 rings (SSSR count). The fourth-order valence-electron chi connectivity index (χ4n) is 1.37. The van der Waals surface area contributed by atoms with Crippen LogP contribution < -0.4 is 0 Å². The van der Waals surface area contributed by atoms with Crippen LogP contribution in [0, 0.1) is 0 Å². The summed E-state index contributed by atoms with van der Waals surface area (Å²) in [6, 6.07) is 0.180. The topological polar surface area (TPSA) is 84.1 Å². The highest BCUT2D eigenvalue weighted by Gasteiger charge is 2.17. The molecule has 1 atom stereocenters. The molecule has 1 aromatic rings. The molecule has 1 unspecified atom stereocenters. The molecule has 0 aliphatic rings. The van der Waals surface area contributed by atoms with Crippen LogP contribution in [0.3, 0.4) is 0 Å². The summed E-state index contributed by atoms with van der Waals surface area (Å²) < 4.78 is 0. The van der Waals surface area contributed by atoms with E-state index in [1.54, 1.807) is 7.05 Å². The van der Waals surface area contributed by atoms with Gasteiger partial charge in [0.25, 0.3) is 0 Å². The van der Waals surface area contributed by atoms with Crippen LogP contribution in [0.1, 0.15) is 26.1 Å². The van der Waals surface area contributed by atoms with Gasteiger partial charge in [0.2, 0.25) is 0 Å². The molecule has 7 nitrogen and oxygen atoms in total. The summed E-state index contributed by atoms with van der Waals surface area (Å²) in [6.45, 7) is 4.41. The normalized spacial score (nSPS) is 13.0. The van der Waals surface area contributed by atoms with Gasteiger partial charge < -0.3 is 5.11 Å². The van der Waals surface area contributed by atoms with E-state index in [9.17, 15) is 4.79 Å². The first-order valence-electron chi connectivity index (χ1n) is 5.21. The Morgan fingerprint density at radius 3 is 2.75 bits per heavy atom. The molecule has 1 N–H and O–H groups in total. The standard InChI is InChI=1S/C9H17N5O2/c1-4-7(2)14(6-9(15)16)5-8-10-12-13(3)11-8/h7H,4-6H2,1-3H3,(H,15,16). The van der Waals surface area contributed by atoms with E-state index in [0.29, 0.717) is 12.4 Å². The molecule has 0 saturated heterocycles. The van der Waals surface area contributed by atoms with Crippen LogP contribution >= 0.6 is 0 Å². The average Bonchev–Trinajstić information content (AvgIpc) is 2.61. The van der Waals surface area contributed by atoms with Gasteiger partial charge in [-0.3, -0.25) is 9.69 Å². The quantitative estimate of drug-likeness (QED) is 0.730. The van der Waals surface area contributed by atoms with Crippen LogP contribution in [0.4, 0.5) is 0 Å². The fraction of sp³-hybridized carbons (Fsp3) is 0.778. The molecule has 16 heavy (non-hydrogen) atoms. The zero-order valence-corrected chi connectivity index (χ0v) is 9.79. The third-order valence-corrected chi connectivity index (χ3v) is 2.45. The predicted molar refractivity (Wildman–Crippen MR) is 56.6 cm³/mol. The smallest absolute Gasteiger partial charge is 0.317 e. The van der Waals surface area contributed by atoms with Crippen molar-refractivity contribution < 1.29 is 9.90 Å². The molecular formula is C9H17N5O2. The van der Waals surface area contributed by atoms with Crippen LogP contribution in [0.25, 0.3) is 0 Å². The summed E-state index contributed by atoms with van der Waals surface area (Å²) in [7, 11) is 1.68. The summed E-state index contributed by atoms with van der Waals surface area (Å²) in [5.41, 5.74) is 0. The Bertz CT molecular complexity index is 351. The van der Waals surface area contributed by atoms with Gasteiger partial charge in [0.15, 0.2) is 5.82 Å². The van der Waals surface area contributed by atoms with Crippen LogP contribution in [-0.4, -0.2) is 48.8 Å². The zero-order valence-electron chi connectivity index (χ0n) is 9.79. The van der Waals surface area contributed by atoms with Crippen molar-refractivity contribution in [3.63, 3.8) is 0 Å². The highest BCUT2D eigenvalue weighted by Crippen LogP contribution is 2.06. The third-order valence-electron chi connectivity index (χ3n) is 2.45. The number of aryl methyl sites for hydroxylation is 1. The maximum Gasteiger partial charge on any atom is 0.317 e. The largest absolute Gasteiger partial charge is 0.480 e. The second-order valence-corrected chi connectivity index (χ2v) is 3.75. The van der Waals surface area contributed by atoms with Gasteiger partial charge in [0.1, 0.15) is 0 Å². The number of carboxylic acids is 1. The van der Waals surface area contributed by atoms with Crippen molar-refractivity contribution >= 4 is 5.97 Å². The van der Waals surface area contributed by atoms with Crippen molar-refractivity contribution in [1.29, 1.82) is 0 Å². The minimum atomic E-state index is -0.843. The molecule has 1 aromatic heterocycles. The van der Waals surface area contributed by atoms with Gasteiger partial charge in [-0.1, -0.05) is 6.92 Å². The van der Waals surface area contributed by atoms with E-state index in [1.807, 2.05) is 18.7 Å². The first kappa shape index (κ1) is 12.6. The number of aliphatic carboxylic acids is 1. The van der Waals surface area contributed by atoms with E-state index in [0.717, 1.165) is 6.42 Å². The number of carboxylic acid groups (broad SMARTS) is 1. The number of rotatable bonds is 6. The Kier molecular flexibility index (Phi) is 4.36. The summed E-state index contributed by atoms with van der Waals surface area (Å²) in [6.07, 6.45) is 0.882. The molecule has 90 valence electrons. The highest BCUT2D eigenvalue weighted by molar-refractivity contribution is 5.69. The molecule has 0 amide bonds. The first-order valence-corrected chi connectivity index (χ1v) is 5.21. The van der Waals surface area contributed by atoms with Gasteiger partial charge in [-0.15, -0.1) is 10.2 Å². The summed E-state index contributed by atoms with van der Waals surface area (Å²) >= 11 is 0. The van der Waals surface area contributed by atoms with Crippen molar-refractivity contribution in [3.05, 3.63) is 5.82 Å². The number of hydrogen-bond acceptors (Lipinski definition) is 5. The van der Waals surface area contributed by atoms with Crippen molar-refractivity contribution in [2.24, 2.45) is 7.05 Å². The maximum absolute atomic E-state index is 10.7. The van der Waals surface area contributed by atoms with Crippen molar-refractivity contribution in [2.75, 3.05) is 6.54 Å². The Labute approximate surface area is 94.0 Å². The van der Waals surface area contributed by atoms with E-state index in [2.05, 4.69) is 15.4 Å². The third kappa shape index (κ3) is 3.58. The minimum absolute atomic E-state index is 0.00669. The zero-order chi connectivity index (χ0) is 12.1. The Hall–Kier alpha value is -1.50. The molecule has 0 aromatic carbocycles. The van der Waals surface area contributed by atoms with Crippen molar-refractivity contribution in [1.82, 2.24) is 25.1 Å². The summed E-state index contributed by atoms with van der Waals surface area (Å²) in [4.78, 5) is 13.9. The Morgan fingerprint density at radius 1 is 1.62 bits per heavy atom. The Morgan fingerprint density at radius 2 is 2.31 bits per heavy atom. The van der Waals surface area contributed by atoms with Gasteiger partial charge in [-0.25, -0.2) is 0 Å². The molecule has 0 aliphatic heterocycles. The number of aromatic nitrogens is 4. The molecule has 0 saturated carbocycles. The maximum atomic E-state index is 10.7. The first-order chi connectivity index (χ1) is 7.52. The van der Waals surface area contributed by atoms with E-state index < -0.39 is 5.97 Å². The van der Waals surface area contributed by atoms with Crippen LogP contribution in [0.15, 0.2) is 0 Å². The minimum Gasteiger partial charge on any atom is -0.480 e. The van der Waals surface area contributed by atoms with Gasteiger partial charge in [-0.2, -0.15) is 4.80 Å². The molecule has 1 heterocycles. The Balaban J connectivity index is 2.66.